The first-order valence-electron chi connectivity index (χ1n) is 9.68. The molecule has 0 saturated heterocycles. The number of hydrogen-bond acceptors (Lipinski definition) is 7. The number of benzene rings is 2. The first-order chi connectivity index (χ1) is 16.4. The summed E-state index contributed by atoms with van der Waals surface area (Å²) in [5.74, 6) is -2.43. The van der Waals surface area contributed by atoms with Gasteiger partial charge in [-0.25, -0.2) is 13.9 Å². The van der Waals surface area contributed by atoms with Crippen LogP contribution in [0.25, 0.3) is 16.4 Å². The standard InChI is InChI=1S/C22H15F3N4O4S/c23-13-7-9-14(10-8-13)29-20(17-6-3-11-34-17)27-19(28-29)21(31)32-12-18(30)26-15-4-1-2-5-16(15)33-22(24)25/h1-11,22H,12H2,(H,26,30). The molecule has 8 nitrogen and oxygen atoms in total. The van der Waals surface area contributed by atoms with Crippen molar-refractivity contribution in [3.8, 4) is 22.1 Å². The van der Waals surface area contributed by atoms with Crippen molar-refractivity contribution in [2.75, 3.05) is 11.9 Å². The Labute approximate surface area is 194 Å². The largest absolute Gasteiger partial charge is 0.450 e. The van der Waals surface area contributed by atoms with Gasteiger partial charge in [0.25, 0.3) is 11.7 Å². The second-order valence-electron chi connectivity index (χ2n) is 6.62. The predicted octanol–water partition coefficient (Wildman–Crippen LogP) is 4.53. The van der Waals surface area contributed by atoms with Crippen molar-refractivity contribution in [3.05, 3.63) is 77.7 Å². The molecule has 0 fully saturated rings. The molecule has 0 aliphatic carbocycles. The monoisotopic (exact) mass is 488 g/mol. The highest BCUT2D eigenvalue weighted by molar-refractivity contribution is 7.13. The summed E-state index contributed by atoms with van der Waals surface area (Å²) in [6.45, 7) is -3.79. The minimum Gasteiger partial charge on any atom is -0.450 e. The molecule has 12 heteroatoms. The maximum atomic E-state index is 13.3. The summed E-state index contributed by atoms with van der Waals surface area (Å²) < 4.78 is 49.1. The summed E-state index contributed by atoms with van der Waals surface area (Å²) >= 11 is 1.36. The van der Waals surface area contributed by atoms with E-state index in [9.17, 15) is 22.8 Å². The lowest BCUT2D eigenvalue weighted by Gasteiger charge is -2.11. The Morgan fingerprint density at radius 2 is 1.82 bits per heavy atom. The summed E-state index contributed by atoms with van der Waals surface area (Å²) in [6, 6.07) is 14.6. The number of alkyl halides is 2. The first kappa shape index (κ1) is 23.0. The molecule has 0 aliphatic heterocycles. The van der Waals surface area contributed by atoms with Crippen molar-refractivity contribution in [1.29, 1.82) is 0 Å². The number of amides is 1. The van der Waals surface area contributed by atoms with E-state index in [1.54, 1.807) is 12.1 Å². The normalized spacial score (nSPS) is 10.8. The molecule has 2 aromatic heterocycles. The quantitative estimate of drug-likeness (QED) is 0.366. The minimum absolute atomic E-state index is 0.0115. The number of aromatic nitrogens is 3. The van der Waals surface area contributed by atoms with Crippen LogP contribution < -0.4 is 10.1 Å². The highest BCUT2D eigenvalue weighted by Crippen LogP contribution is 2.27. The van der Waals surface area contributed by atoms with Gasteiger partial charge < -0.3 is 14.8 Å². The van der Waals surface area contributed by atoms with E-state index in [2.05, 4.69) is 20.1 Å². The molecular formula is C22H15F3N4O4S. The van der Waals surface area contributed by atoms with Gasteiger partial charge >= 0.3 is 12.6 Å². The highest BCUT2D eigenvalue weighted by atomic mass is 32.1. The fourth-order valence-electron chi connectivity index (χ4n) is 2.88. The van der Waals surface area contributed by atoms with Crippen LogP contribution in [0.1, 0.15) is 10.6 Å². The van der Waals surface area contributed by atoms with Crippen LogP contribution in [0.2, 0.25) is 0 Å². The van der Waals surface area contributed by atoms with Gasteiger partial charge in [0.1, 0.15) is 11.6 Å². The summed E-state index contributed by atoms with van der Waals surface area (Å²) in [6.07, 6.45) is 0. The van der Waals surface area contributed by atoms with Gasteiger partial charge in [-0.1, -0.05) is 18.2 Å². The van der Waals surface area contributed by atoms with Crippen LogP contribution in [-0.2, 0) is 9.53 Å². The molecule has 0 spiro atoms. The molecule has 1 amide bonds. The average molecular weight is 488 g/mol. The molecule has 174 valence electrons. The van der Waals surface area contributed by atoms with Crippen molar-refractivity contribution in [2.45, 2.75) is 6.61 Å². The molecule has 2 heterocycles. The lowest BCUT2D eigenvalue weighted by Crippen LogP contribution is -2.22. The zero-order valence-corrected chi connectivity index (χ0v) is 18.0. The molecular weight excluding hydrogens is 473 g/mol. The number of hydrogen-bond donors (Lipinski definition) is 1. The molecule has 0 radical (unpaired) electrons. The molecule has 4 aromatic rings. The number of carbonyl (C=O) groups is 2. The molecule has 4 rings (SSSR count). The van der Waals surface area contributed by atoms with E-state index in [0.29, 0.717) is 16.4 Å². The van der Waals surface area contributed by atoms with Gasteiger partial charge in [-0.15, -0.1) is 16.4 Å². The number of rotatable bonds is 8. The van der Waals surface area contributed by atoms with Gasteiger partial charge in [-0.3, -0.25) is 4.79 Å². The Bertz CT molecular complexity index is 1290. The number of esters is 1. The maximum Gasteiger partial charge on any atom is 0.387 e. The lowest BCUT2D eigenvalue weighted by molar-refractivity contribution is -0.119. The lowest BCUT2D eigenvalue weighted by atomic mass is 10.3. The van der Waals surface area contributed by atoms with Crippen LogP contribution in [0.4, 0.5) is 18.9 Å². The van der Waals surface area contributed by atoms with E-state index >= 15 is 0 Å². The van der Waals surface area contributed by atoms with Gasteiger partial charge in [0.05, 0.1) is 16.3 Å². The van der Waals surface area contributed by atoms with E-state index in [1.165, 1.54) is 64.5 Å². The predicted molar refractivity (Wildman–Crippen MR) is 117 cm³/mol. The summed E-state index contributed by atoms with van der Waals surface area (Å²) in [5, 5.41) is 8.31. The Morgan fingerprint density at radius 3 is 2.53 bits per heavy atom. The number of ether oxygens (including phenoxy) is 2. The van der Waals surface area contributed by atoms with Crippen LogP contribution in [0, 0.1) is 5.82 Å². The van der Waals surface area contributed by atoms with Crippen LogP contribution in [-0.4, -0.2) is 39.9 Å². The van der Waals surface area contributed by atoms with Crippen molar-refractivity contribution in [3.63, 3.8) is 0 Å². The molecule has 0 unspecified atom stereocenters. The number of thiophene rings is 1. The number of carbonyl (C=O) groups excluding carboxylic acids is 2. The van der Waals surface area contributed by atoms with Crippen molar-refractivity contribution < 1.29 is 32.2 Å². The zero-order valence-electron chi connectivity index (χ0n) is 17.2. The average Bonchev–Trinajstić information content (AvgIpc) is 3.49. The zero-order chi connectivity index (χ0) is 24.1. The van der Waals surface area contributed by atoms with E-state index in [0.717, 1.165) is 0 Å². The van der Waals surface area contributed by atoms with Crippen LogP contribution in [0.15, 0.2) is 66.0 Å². The SMILES string of the molecule is O=C(COC(=O)c1nc(-c2cccs2)n(-c2ccc(F)cc2)n1)Nc1ccccc1OC(F)F. The molecule has 0 bridgehead atoms. The van der Waals surface area contributed by atoms with Crippen molar-refractivity contribution >= 4 is 28.9 Å². The number of nitrogens with zero attached hydrogens (tertiary/aromatic N) is 3. The van der Waals surface area contributed by atoms with Gasteiger partial charge in [-0.2, -0.15) is 13.8 Å². The van der Waals surface area contributed by atoms with E-state index in [1.807, 2.05) is 5.38 Å². The third-order valence-electron chi connectivity index (χ3n) is 4.31. The molecule has 34 heavy (non-hydrogen) atoms. The molecule has 0 saturated carbocycles. The molecule has 0 atom stereocenters. The number of nitrogens with one attached hydrogen (secondary N) is 1. The third-order valence-corrected chi connectivity index (χ3v) is 5.18. The van der Waals surface area contributed by atoms with Gasteiger partial charge in [-0.05, 0) is 47.8 Å². The number of anilines is 1. The molecule has 2 aromatic carbocycles. The van der Waals surface area contributed by atoms with E-state index in [4.69, 9.17) is 4.74 Å². The topological polar surface area (TPSA) is 95.3 Å². The fraction of sp³-hybridized carbons (Fsp3) is 0.0909. The van der Waals surface area contributed by atoms with Gasteiger partial charge in [0.2, 0.25) is 0 Å². The smallest absolute Gasteiger partial charge is 0.387 e. The Hall–Kier alpha value is -4.19. The summed E-state index contributed by atoms with van der Waals surface area (Å²) in [7, 11) is 0. The van der Waals surface area contributed by atoms with Gasteiger partial charge in [0.15, 0.2) is 12.4 Å². The Kier molecular flexibility index (Phi) is 6.87. The van der Waals surface area contributed by atoms with Crippen LogP contribution >= 0.6 is 11.3 Å². The van der Waals surface area contributed by atoms with Crippen molar-refractivity contribution in [1.82, 2.24) is 14.8 Å². The summed E-state index contributed by atoms with van der Waals surface area (Å²) in [4.78, 5) is 29.6. The molecule has 0 aliphatic rings. The fourth-order valence-corrected chi connectivity index (χ4v) is 3.58. The number of para-hydroxylation sites is 2. The molecule has 1 N–H and O–H groups in total. The minimum atomic E-state index is -3.07. The van der Waals surface area contributed by atoms with Crippen LogP contribution in [0.3, 0.4) is 0 Å². The van der Waals surface area contributed by atoms with Gasteiger partial charge in [0, 0.05) is 0 Å². The third kappa shape index (κ3) is 5.41. The second-order valence-corrected chi connectivity index (χ2v) is 7.57. The summed E-state index contributed by atoms with van der Waals surface area (Å²) in [5.41, 5.74) is 0.451. The Balaban J connectivity index is 1.48. The first-order valence-corrected chi connectivity index (χ1v) is 10.6. The van der Waals surface area contributed by atoms with Crippen LogP contribution in [0.5, 0.6) is 5.75 Å². The van der Waals surface area contributed by atoms with Crippen molar-refractivity contribution in [2.24, 2.45) is 0 Å². The maximum absolute atomic E-state index is 13.3. The van der Waals surface area contributed by atoms with E-state index < -0.39 is 30.9 Å². The highest BCUT2D eigenvalue weighted by Gasteiger charge is 2.22. The second kappa shape index (κ2) is 10.2. The Morgan fingerprint density at radius 1 is 1.06 bits per heavy atom. The number of halogens is 3. The van der Waals surface area contributed by atoms with E-state index in [-0.39, 0.29) is 17.3 Å².